The lowest BCUT2D eigenvalue weighted by atomic mass is 10.1. The van der Waals surface area contributed by atoms with Crippen LogP contribution in [-0.4, -0.2) is 25.0 Å². The normalized spacial score (nSPS) is 12.2. The van der Waals surface area contributed by atoms with E-state index in [1.165, 1.54) is 18.2 Å². The fourth-order valence-electron chi connectivity index (χ4n) is 1.36. The number of aromatic carboxylic acids is 1. The van der Waals surface area contributed by atoms with Gasteiger partial charge in [0.05, 0.1) is 16.9 Å². The molecule has 0 aliphatic carbocycles. The molecule has 0 saturated carbocycles. The standard InChI is InChI=1S/C11H17N3O4S/c1-11(2,3)14-19(17,18)13-9-5-4-7(10(15)16)6-8(9)12/h4-6,13-14H,12H2,1-3H3,(H,15,16). The first-order valence-electron chi connectivity index (χ1n) is 5.45. The van der Waals surface area contributed by atoms with Crippen molar-refractivity contribution in [1.29, 1.82) is 0 Å². The van der Waals surface area contributed by atoms with E-state index < -0.39 is 21.7 Å². The van der Waals surface area contributed by atoms with Crippen LogP contribution in [0, 0.1) is 0 Å². The van der Waals surface area contributed by atoms with E-state index in [1.54, 1.807) is 20.8 Å². The van der Waals surface area contributed by atoms with Crippen LogP contribution in [-0.2, 0) is 10.2 Å². The number of anilines is 2. The zero-order valence-corrected chi connectivity index (χ0v) is 11.7. The zero-order chi connectivity index (χ0) is 14.8. The third-order valence-electron chi connectivity index (χ3n) is 1.98. The maximum atomic E-state index is 11.8. The Bertz CT molecular complexity index is 590. The molecule has 1 aromatic carbocycles. The van der Waals surface area contributed by atoms with Crippen molar-refractivity contribution in [3.05, 3.63) is 23.8 Å². The van der Waals surface area contributed by atoms with Crippen LogP contribution < -0.4 is 15.2 Å². The van der Waals surface area contributed by atoms with Crippen LogP contribution in [0.25, 0.3) is 0 Å². The van der Waals surface area contributed by atoms with Crippen LogP contribution >= 0.6 is 0 Å². The molecule has 0 unspecified atom stereocenters. The molecule has 0 aliphatic heterocycles. The van der Waals surface area contributed by atoms with E-state index in [-0.39, 0.29) is 16.9 Å². The average molecular weight is 287 g/mol. The zero-order valence-electron chi connectivity index (χ0n) is 10.9. The number of carboxylic acid groups (broad SMARTS) is 1. The number of benzene rings is 1. The van der Waals surface area contributed by atoms with Crippen molar-refractivity contribution in [1.82, 2.24) is 4.72 Å². The van der Waals surface area contributed by atoms with Crippen molar-refractivity contribution < 1.29 is 18.3 Å². The molecule has 0 saturated heterocycles. The van der Waals surface area contributed by atoms with Crippen LogP contribution in [0.5, 0.6) is 0 Å². The van der Waals surface area contributed by atoms with Crippen LogP contribution in [0.15, 0.2) is 18.2 Å². The monoisotopic (exact) mass is 287 g/mol. The molecular formula is C11H17N3O4S. The van der Waals surface area contributed by atoms with Crippen LogP contribution in [0.4, 0.5) is 11.4 Å². The number of carboxylic acids is 1. The van der Waals surface area contributed by atoms with Gasteiger partial charge in [0, 0.05) is 5.54 Å². The van der Waals surface area contributed by atoms with E-state index in [0.717, 1.165) is 0 Å². The first kappa shape index (κ1) is 15.3. The van der Waals surface area contributed by atoms with Gasteiger partial charge < -0.3 is 10.8 Å². The summed E-state index contributed by atoms with van der Waals surface area (Å²) in [5.74, 6) is -1.13. The Balaban J connectivity index is 2.98. The molecule has 5 N–H and O–H groups in total. The molecule has 106 valence electrons. The first-order chi connectivity index (χ1) is 8.50. The molecule has 19 heavy (non-hydrogen) atoms. The van der Waals surface area contributed by atoms with Gasteiger partial charge >= 0.3 is 5.97 Å². The van der Waals surface area contributed by atoms with E-state index >= 15 is 0 Å². The topological polar surface area (TPSA) is 122 Å². The fourth-order valence-corrected chi connectivity index (χ4v) is 2.69. The summed E-state index contributed by atoms with van der Waals surface area (Å²) in [6.07, 6.45) is 0. The number of nitrogens with two attached hydrogens (primary N) is 1. The average Bonchev–Trinajstić information content (AvgIpc) is 2.16. The lowest BCUT2D eigenvalue weighted by molar-refractivity contribution is 0.0697. The summed E-state index contributed by atoms with van der Waals surface area (Å²) in [5, 5.41) is 8.78. The Morgan fingerprint density at radius 2 is 1.89 bits per heavy atom. The van der Waals surface area contributed by atoms with Gasteiger partial charge in [0.25, 0.3) is 10.2 Å². The minimum atomic E-state index is -3.78. The third-order valence-corrected chi connectivity index (χ3v) is 3.35. The van der Waals surface area contributed by atoms with Crippen LogP contribution in [0.2, 0.25) is 0 Å². The molecule has 0 atom stereocenters. The molecule has 8 heteroatoms. The fraction of sp³-hybridized carbons (Fsp3) is 0.364. The van der Waals surface area contributed by atoms with Gasteiger partial charge in [-0.1, -0.05) is 0 Å². The molecule has 7 nitrogen and oxygen atoms in total. The van der Waals surface area contributed by atoms with Gasteiger partial charge in [-0.05, 0) is 39.0 Å². The Hall–Kier alpha value is -1.80. The third kappa shape index (κ3) is 4.76. The van der Waals surface area contributed by atoms with E-state index in [9.17, 15) is 13.2 Å². The Kier molecular flexibility index (Phi) is 4.06. The van der Waals surface area contributed by atoms with E-state index in [1.807, 2.05) is 0 Å². The van der Waals surface area contributed by atoms with Crippen molar-refractivity contribution in [2.45, 2.75) is 26.3 Å². The van der Waals surface area contributed by atoms with E-state index in [2.05, 4.69) is 9.44 Å². The molecule has 0 bridgehead atoms. The Labute approximate surface area is 112 Å². The second-order valence-corrected chi connectivity index (χ2v) is 6.48. The SMILES string of the molecule is CC(C)(C)NS(=O)(=O)Nc1ccc(C(=O)O)cc1N. The second-order valence-electron chi connectivity index (χ2n) is 5.06. The molecule has 1 rings (SSSR count). The maximum absolute atomic E-state index is 11.8. The summed E-state index contributed by atoms with van der Waals surface area (Å²) in [6.45, 7) is 5.09. The molecule has 0 radical (unpaired) electrons. The minimum Gasteiger partial charge on any atom is -0.478 e. The number of carbonyl (C=O) groups is 1. The first-order valence-corrected chi connectivity index (χ1v) is 6.93. The molecule has 0 aliphatic rings. The molecule has 0 spiro atoms. The molecular weight excluding hydrogens is 270 g/mol. The van der Waals surface area contributed by atoms with Gasteiger partial charge in [0.2, 0.25) is 0 Å². The summed E-state index contributed by atoms with van der Waals surface area (Å²) >= 11 is 0. The minimum absolute atomic E-state index is 0.00997. The number of rotatable bonds is 4. The van der Waals surface area contributed by atoms with E-state index in [4.69, 9.17) is 10.8 Å². The van der Waals surface area contributed by atoms with Gasteiger partial charge in [-0.2, -0.15) is 13.1 Å². The van der Waals surface area contributed by atoms with Crippen molar-refractivity contribution in [2.24, 2.45) is 0 Å². The second kappa shape index (κ2) is 5.06. The van der Waals surface area contributed by atoms with Crippen molar-refractivity contribution in [3.8, 4) is 0 Å². The number of hydrogen-bond acceptors (Lipinski definition) is 4. The molecule has 0 fully saturated rings. The lowest BCUT2D eigenvalue weighted by Crippen LogP contribution is -2.43. The largest absolute Gasteiger partial charge is 0.478 e. The molecule has 0 amide bonds. The number of nitrogen functional groups attached to an aromatic ring is 1. The van der Waals surface area contributed by atoms with E-state index in [0.29, 0.717) is 0 Å². The van der Waals surface area contributed by atoms with Gasteiger partial charge in [-0.3, -0.25) is 4.72 Å². The van der Waals surface area contributed by atoms with Gasteiger partial charge in [0.1, 0.15) is 0 Å². The number of nitrogens with one attached hydrogen (secondary N) is 2. The summed E-state index contributed by atoms with van der Waals surface area (Å²) in [7, 11) is -3.78. The van der Waals surface area contributed by atoms with Gasteiger partial charge in [-0.25, -0.2) is 4.79 Å². The highest BCUT2D eigenvalue weighted by molar-refractivity contribution is 7.90. The van der Waals surface area contributed by atoms with Crippen LogP contribution in [0.1, 0.15) is 31.1 Å². The van der Waals surface area contributed by atoms with Crippen LogP contribution in [0.3, 0.4) is 0 Å². The molecule has 0 heterocycles. The summed E-state index contributed by atoms with van der Waals surface area (Å²) < 4.78 is 28.2. The highest BCUT2D eigenvalue weighted by Crippen LogP contribution is 2.21. The highest BCUT2D eigenvalue weighted by Gasteiger charge is 2.20. The predicted molar refractivity (Wildman–Crippen MR) is 73.2 cm³/mol. The molecule has 1 aromatic rings. The van der Waals surface area contributed by atoms with Gasteiger partial charge in [0.15, 0.2) is 0 Å². The summed E-state index contributed by atoms with van der Waals surface area (Å²) in [6, 6.07) is 3.77. The summed E-state index contributed by atoms with van der Waals surface area (Å²) in [5.41, 5.74) is 5.13. The van der Waals surface area contributed by atoms with Crippen molar-refractivity contribution in [3.63, 3.8) is 0 Å². The van der Waals surface area contributed by atoms with Crippen molar-refractivity contribution >= 4 is 27.6 Å². The van der Waals surface area contributed by atoms with Gasteiger partial charge in [-0.15, -0.1) is 0 Å². The quantitative estimate of drug-likeness (QED) is 0.616. The van der Waals surface area contributed by atoms with Crippen molar-refractivity contribution in [2.75, 3.05) is 10.5 Å². The number of hydrogen-bond donors (Lipinski definition) is 4. The Morgan fingerprint density at radius 1 is 1.32 bits per heavy atom. The Morgan fingerprint density at radius 3 is 2.32 bits per heavy atom. The molecule has 0 aromatic heterocycles. The maximum Gasteiger partial charge on any atom is 0.335 e. The summed E-state index contributed by atoms with van der Waals surface area (Å²) in [4.78, 5) is 10.7. The lowest BCUT2D eigenvalue weighted by Gasteiger charge is -2.21. The smallest absolute Gasteiger partial charge is 0.335 e. The predicted octanol–water partition coefficient (Wildman–Crippen LogP) is 1.01. The highest BCUT2D eigenvalue weighted by atomic mass is 32.2.